The summed E-state index contributed by atoms with van der Waals surface area (Å²) in [5.41, 5.74) is 9.20. The van der Waals surface area contributed by atoms with Gasteiger partial charge in [0.15, 0.2) is 5.16 Å². The number of rotatable bonds is 6. The first-order valence-electron chi connectivity index (χ1n) is 9.80. The van der Waals surface area contributed by atoms with E-state index in [-0.39, 0.29) is 11.7 Å². The number of fused-ring (bicyclic) bond motifs is 1. The van der Waals surface area contributed by atoms with Gasteiger partial charge in [-0.15, -0.1) is 21.5 Å². The van der Waals surface area contributed by atoms with Gasteiger partial charge in [-0.05, 0) is 62.8 Å². The molecule has 9 heteroatoms. The van der Waals surface area contributed by atoms with E-state index in [9.17, 15) is 9.59 Å². The Kier molecular flexibility index (Phi) is 5.92. The summed E-state index contributed by atoms with van der Waals surface area (Å²) < 4.78 is 1.93. The van der Waals surface area contributed by atoms with E-state index in [0.29, 0.717) is 15.7 Å². The Hall–Kier alpha value is -2.65. The largest absolute Gasteiger partial charge is 0.365 e. The van der Waals surface area contributed by atoms with Crippen molar-refractivity contribution in [3.8, 4) is 5.69 Å². The van der Waals surface area contributed by atoms with Gasteiger partial charge in [0.05, 0.1) is 11.3 Å². The summed E-state index contributed by atoms with van der Waals surface area (Å²) >= 11 is 2.78. The van der Waals surface area contributed by atoms with Gasteiger partial charge in [0.2, 0.25) is 5.91 Å². The van der Waals surface area contributed by atoms with Crippen LogP contribution in [0.3, 0.4) is 0 Å². The number of primary amides is 1. The van der Waals surface area contributed by atoms with Gasteiger partial charge in [-0.2, -0.15) is 0 Å². The van der Waals surface area contributed by atoms with Crippen molar-refractivity contribution in [3.63, 3.8) is 0 Å². The highest BCUT2D eigenvalue weighted by Gasteiger charge is 2.25. The third-order valence-corrected chi connectivity index (χ3v) is 7.19. The summed E-state index contributed by atoms with van der Waals surface area (Å²) in [6, 6.07) is 8.05. The van der Waals surface area contributed by atoms with E-state index in [1.54, 1.807) is 0 Å². The van der Waals surface area contributed by atoms with Gasteiger partial charge < -0.3 is 11.1 Å². The van der Waals surface area contributed by atoms with Gasteiger partial charge >= 0.3 is 0 Å². The zero-order chi connectivity index (χ0) is 21.3. The van der Waals surface area contributed by atoms with Crippen LogP contribution in [-0.4, -0.2) is 32.3 Å². The fourth-order valence-corrected chi connectivity index (χ4v) is 5.82. The number of thioether (sulfide) groups is 1. The minimum atomic E-state index is -0.479. The summed E-state index contributed by atoms with van der Waals surface area (Å²) in [6.07, 6.45) is 3.92. The lowest BCUT2D eigenvalue weighted by Crippen LogP contribution is -2.19. The summed E-state index contributed by atoms with van der Waals surface area (Å²) in [4.78, 5) is 25.8. The van der Waals surface area contributed by atoms with E-state index >= 15 is 0 Å². The molecule has 0 aliphatic heterocycles. The molecule has 0 radical (unpaired) electrons. The lowest BCUT2D eigenvalue weighted by molar-refractivity contribution is -0.113. The number of hydrogen-bond acceptors (Lipinski definition) is 6. The molecule has 4 rings (SSSR count). The number of amides is 2. The maximum atomic E-state index is 12.6. The van der Waals surface area contributed by atoms with E-state index in [0.717, 1.165) is 53.2 Å². The van der Waals surface area contributed by atoms with Crippen molar-refractivity contribution in [2.75, 3.05) is 11.1 Å². The fourth-order valence-electron chi connectivity index (χ4n) is 3.71. The molecule has 0 saturated carbocycles. The van der Waals surface area contributed by atoms with Crippen LogP contribution in [0.5, 0.6) is 0 Å². The Morgan fingerprint density at radius 2 is 2.03 bits per heavy atom. The van der Waals surface area contributed by atoms with E-state index in [1.807, 2.05) is 36.6 Å². The normalized spacial score (nSPS) is 13.1. The van der Waals surface area contributed by atoms with Crippen molar-refractivity contribution >= 4 is 39.9 Å². The van der Waals surface area contributed by atoms with Gasteiger partial charge in [-0.1, -0.05) is 23.9 Å². The number of nitrogens with zero attached hydrogens (tertiary/aromatic N) is 3. The average Bonchev–Trinajstić information content (AvgIpc) is 3.26. The molecule has 30 heavy (non-hydrogen) atoms. The molecule has 0 saturated heterocycles. The average molecular weight is 442 g/mol. The zero-order valence-electron chi connectivity index (χ0n) is 16.9. The number of aromatic nitrogens is 3. The van der Waals surface area contributed by atoms with E-state index < -0.39 is 5.91 Å². The molecule has 0 unspecified atom stereocenters. The molecule has 0 bridgehead atoms. The van der Waals surface area contributed by atoms with Crippen LogP contribution in [0, 0.1) is 13.8 Å². The van der Waals surface area contributed by atoms with Crippen molar-refractivity contribution < 1.29 is 9.59 Å². The van der Waals surface area contributed by atoms with E-state index in [2.05, 4.69) is 21.6 Å². The van der Waals surface area contributed by atoms with Crippen LogP contribution >= 0.6 is 23.1 Å². The van der Waals surface area contributed by atoms with E-state index in [4.69, 9.17) is 5.73 Å². The molecule has 0 fully saturated rings. The van der Waals surface area contributed by atoms with Crippen LogP contribution in [0.2, 0.25) is 0 Å². The first kappa shape index (κ1) is 20.6. The van der Waals surface area contributed by atoms with Crippen LogP contribution in [0.15, 0.2) is 29.4 Å². The molecule has 3 aromatic rings. The third kappa shape index (κ3) is 4.13. The maximum absolute atomic E-state index is 12.6. The fraction of sp³-hybridized carbons (Fsp3) is 0.333. The van der Waals surface area contributed by atoms with Gasteiger partial charge in [0, 0.05) is 10.6 Å². The molecule has 1 aliphatic carbocycles. The number of anilines is 1. The van der Waals surface area contributed by atoms with Crippen LogP contribution in [-0.2, 0) is 17.6 Å². The highest BCUT2D eigenvalue weighted by molar-refractivity contribution is 7.99. The number of carbonyl (C=O) groups is 2. The molecule has 1 aromatic carbocycles. The van der Waals surface area contributed by atoms with Crippen molar-refractivity contribution in [2.24, 2.45) is 5.73 Å². The number of aryl methyl sites for hydroxylation is 3. The highest BCUT2D eigenvalue weighted by atomic mass is 32.2. The number of carbonyl (C=O) groups excluding carboxylic acids is 2. The summed E-state index contributed by atoms with van der Waals surface area (Å²) in [5, 5.41) is 12.5. The van der Waals surface area contributed by atoms with Gasteiger partial charge in [-0.3, -0.25) is 14.2 Å². The van der Waals surface area contributed by atoms with Crippen LogP contribution in [0.25, 0.3) is 5.69 Å². The quantitative estimate of drug-likeness (QED) is 0.568. The molecule has 2 heterocycles. The summed E-state index contributed by atoms with van der Waals surface area (Å²) in [6.45, 7) is 3.91. The highest BCUT2D eigenvalue weighted by Crippen LogP contribution is 2.38. The van der Waals surface area contributed by atoms with E-state index in [1.165, 1.54) is 23.1 Å². The second-order valence-corrected chi connectivity index (χ2v) is 9.37. The molecule has 3 N–H and O–H groups in total. The summed E-state index contributed by atoms with van der Waals surface area (Å²) in [7, 11) is 0. The molecule has 2 amide bonds. The van der Waals surface area contributed by atoms with Crippen LogP contribution in [0.4, 0.5) is 5.00 Å². The molecule has 2 aromatic heterocycles. The minimum Gasteiger partial charge on any atom is -0.365 e. The Morgan fingerprint density at radius 1 is 1.23 bits per heavy atom. The number of thiophene rings is 1. The second-order valence-electron chi connectivity index (χ2n) is 7.32. The van der Waals surface area contributed by atoms with Crippen molar-refractivity contribution in [3.05, 3.63) is 51.7 Å². The molecule has 156 valence electrons. The van der Waals surface area contributed by atoms with Crippen molar-refractivity contribution in [1.29, 1.82) is 0 Å². The minimum absolute atomic E-state index is 0.157. The van der Waals surface area contributed by atoms with Crippen LogP contribution in [0.1, 0.15) is 45.0 Å². The van der Waals surface area contributed by atoms with Crippen molar-refractivity contribution in [2.45, 2.75) is 44.7 Å². The second kappa shape index (κ2) is 8.61. The van der Waals surface area contributed by atoms with Gasteiger partial charge in [0.1, 0.15) is 10.8 Å². The lowest BCUT2D eigenvalue weighted by atomic mass is 9.95. The smallest absolute Gasteiger partial charge is 0.251 e. The topological polar surface area (TPSA) is 103 Å². The maximum Gasteiger partial charge on any atom is 0.251 e. The Labute approximate surface area is 183 Å². The van der Waals surface area contributed by atoms with Crippen molar-refractivity contribution in [1.82, 2.24) is 14.8 Å². The molecule has 7 nitrogen and oxygen atoms in total. The zero-order valence-corrected chi connectivity index (χ0v) is 18.5. The Bertz CT molecular complexity index is 1120. The monoisotopic (exact) mass is 441 g/mol. The SMILES string of the molecule is Cc1cccc(-n2c(C)nnc2SCC(=O)Nc2sc3c(c2C(N)=O)CCCC3)c1. The molecule has 0 atom stereocenters. The predicted octanol–water partition coefficient (Wildman–Crippen LogP) is 3.65. The third-order valence-electron chi connectivity index (χ3n) is 5.06. The number of nitrogens with one attached hydrogen (secondary N) is 1. The molecule has 1 aliphatic rings. The molecular formula is C21H23N5O2S2. The lowest BCUT2D eigenvalue weighted by Gasteiger charge is -2.11. The standard InChI is InChI=1S/C21H23N5O2S2/c1-12-6-5-7-14(10-12)26-13(2)24-25-21(26)29-11-17(27)23-20-18(19(22)28)15-8-3-4-9-16(15)30-20/h5-7,10H,3-4,8-9,11H2,1-2H3,(H2,22,28)(H,23,27). The molecule has 0 spiro atoms. The Morgan fingerprint density at radius 3 is 2.80 bits per heavy atom. The first-order valence-corrected chi connectivity index (χ1v) is 11.6. The number of nitrogens with two attached hydrogens (primary N) is 1. The number of benzene rings is 1. The Balaban J connectivity index is 1.50. The number of hydrogen-bond donors (Lipinski definition) is 2. The van der Waals surface area contributed by atoms with Crippen LogP contribution < -0.4 is 11.1 Å². The van der Waals surface area contributed by atoms with Gasteiger partial charge in [-0.25, -0.2) is 0 Å². The molecular weight excluding hydrogens is 418 g/mol. The predicted molar refractivity (Wildman–Crippen MR) is 120 cm³/mol. The summed E-state index contributed by atoms with van der Waals surface area (Å²) in [5.74, 6) is 0.236. The first-order chi connectivity index (χ1) is 14.4. The van der Waals surface area contributed by atoms with Gasteiger partial charge in [0.25, 0.3) is 5.91 Å².